The molecular formula is C18H17F3N2O3. The first-order valence-electron chi connectivity index (χ1n) is 7.73. The fourth-order valence-electron chi connectivity index (χ4n) is 2.16. The molecule has 0 aromatic heterocycles. The molecule has 0 aliphatic carbocycles. The molecule has 0 unspecified atom stereocenters. The molecule has 5 nitrogen and oxygen atoms in total. The minimum Gasteiger partial charge on any atom is -0.497 e. The van der Waals surface area contributed by atoms with Gasteiger partial charge in [-0.15, -0.1) is 0 Å². The third kappa shape index (κ3) is 5.23. The Kier molecular flexibility index (Phi) is 6.60. The molecule has 0 saturated heterocycles. The van der Waals surface area contributed by atoms with E-state index in [1.807, 2.05) is 17.4 Å². The molecule has 0 fully saturated rings. The van der Waals surface area contributed by atoms with Gasteiger partial charge in [0.15, 0.2) is 17.5 Å². The van der Waals surface area contributed by atoms with Gasteiger partial charge in [0.05, 0.1) is 12.8 Å². The van der Waals surface area contributed by atoms with E-state index in [4.69, 9.17) is 4.74 Å². The predicted octanol–water partition coefficient (Wildman–Crippen LogP) is 2.80. The minimum atomic E-state index is -1.69. The van der Waals surface area contributed by atoms with E-state index < -0.39 is 41.4 Å². The van der Waals surface area contributed by atoms with Crippen LogP contribution >= 0.6 is 0 Å². The van der Waals surface area contributed by atoms with Gasteiger partial charge in [0.25, 0.3) is 0 Å². The summed E-state index contributed by atoms with van der Waals surface area (Å²) >= 11 is 0. The molecule has 2 N–H and O–H groups in total. The van der Waals surface area contributed by atoms with Crippen molar-refractivity contribution in [1.82, 2.24) is 5.32 Å². The summed E-state index contributed by atoms with van der Waals surface area (Å²) in [5, 5.41) is 4.59. The van der Waals surface area contributed by atoms with Crippen molar-refractivity contribution < 1.29 is 27.5 Å². The molecule has 0 saturated carbocycles. The molecule has 0 aliphatic rings. The smallest absolute Gasteiger partial charge is 0.233 e. The van der Waals surface area contributed by atoms with E-state index in [1.54, 1.807) is 19.2 Å². The number of halogens is 3. The number of ether oxygens (including phenoxy) is 1. The fraction of sp³-hybridized carbons (Fsp3) is 0.222. The lowest BCUT2D eigenvalue weighted by Gasteiger charge is -2.08. The Morgan fingerprint density at radius 2 is 1.65 bits per heavy atom. The monoisotopic (exact) mass is 366 g/mol. The van der Waals surface area contributed by atoms with Crippen molar-refractivity contribution in [3.05, 3.63) is 59.4 Å². The van der Waals surface area contributed by atoms with Crippen molar-refractivity contribution >= 4 is 17.5 Å². The van der Waals surface area contributed by atoms with Crippen LogP contribution in [0.25, 0.3) is 0 Å². The first-order valence-corrected chi connectivity index (χ1v) is 7.73. The standard InChI is InChI=1S/C18H17F3N2O3/c1-26-12-4-2-11(3-5-12)8-9-22-15(24)10-16(25)23-14-7-6-13(19)17(20)18(14)21/h2-7H,8-10H2,1H3,(H,22,24)(H,23,25). The summed E-state index contributed by atoms with van der Waals surface area (Å²) in [6, 6.07) is 8.85. The van der Waals surface area contributed by atoms with E-state index in [0.717, 1.165) is 17.4 Å². The SMILES string of the molecule is COc1ccc(CCNC(=O)CC(=O)Nc2ccc(F)c(F)c2F)cc1. The number of rotatable bonds is 7. The summed E-state index contributed by atoms with van der Waals surface area (Å²) in [6.45, 7) is 0.304. The number of methoxy groups -OCH3 is 1. The van der Waals surface area contributed by atoms with Crippen LogP contribution in [-0.4, -0.2) is 25.5 Å². The van der Waals surface area contributed by atoms with Crippen molar-refractivity contribution in [3.63, 3.8) is 0 Å². The molecule has 0 bridgehead atoms. The Morgan fingerprint density at radius 1 is 0.962 bits per heavy atom. The quantitative estimate of drug-likeness (QED) is 0.585. The van der Waals surface area contributed by atoms with Gasteiger partial charge in [-0.05, 0) is 36.2 Å². The van der Waals surface area contributed by atoms with Gasteiger partial charge < -0.3 is 15.4 Å². The molecule has 0 aliphatic heterocycles. The van der Waals surface area contributed by atoms with Gasteiger partial charge in [0.1, 0.15) is 12.2 Å². The maximum Gasteiger partial charge on any atom is 0.233 e. The van der Waals surface area contributed by atoms with E-state index >= 15 is 0 Å². The maximum absolute atomic E-state index is 13.5. The number of amides is 2. The van der Waals surface area contributed by atoms with Crippen LogP contribution in [0.4, 0.5) is 18.9 Å². The number of hydrogen-bond donors (Lipinski definition) is 2. The molecule has 0 heterocycles. The molecule has 8 heteroatoms. The van der Waals surface area contributed by atoms with Crippen molar-refractivity contribution in [3.8, 4) is 5.75 Å². The zero-order chi connectivity index (χ0) is 19.1. The van der Waals surface area contributed by atoms with E-state index in [0.29, 0.717) is 19.0 Å². The van der Waals surface area contributed by atoms with Crippen LogP contribution in [0, 0.1) is 17.5 Å². The predicted molar refractivity (Wildman–Crippen MR) is 89.3 cm³/mol. The topological polar surface area (TPSA) is 67.4 Å². The molecule has 138 valence electrons. The van der Waals surface area contributed by atoms with Gasteiger partial charge in [0.2, 0.25) is 11.8 Å². The second kappa shape index (κ2) is 8.89. The van der Waals surface area contributed by atoms with Gasteiger partial charge in [-0.2, -0.15) is 0 Å². The van der Waals surface area contributed by atoms with Crippen LogP contribution in [0.15, 0.2) is 36.4 Å². The van der Waals surface area contributed by atoms with Gasteiger partial charge >= 0.3 is 0 Å². The lowest BCUT2D eigenvalue weighted by atomic mass is 10.1. The number of anilines is 1. The highest BCUT2D eigenvalue weighted by Gasteiger charge is 2.16. The summed E-state index contributed by atoms with van der Waals surface area (Å²) < 4.78 is 44.4. The van der Waals surface area contributed by atoms with Crippen LogP contribution in [0.5, 0.6) is 5.75 Å². The van der Waals surface area contributed by atoms with Gasteiger partial charge in [0, 0.05) is 6.54 Å². The second-order valence-corrected chi connectivity index (χ2v) is 5.40. The molecular weight excluding hydrogens is 349 g/mol. The highest BCUT2D eigenvalue weighted by Crippen LogP contribution is 2.19. The Hall–Kier alpha value is -3.03. The van der Waals surface area contributed by atoms with E-state index in [2.05, 4.69) is 5.32 Å². The molecule has 2 aromatic rings. The van der Waals surface area contributed by atoms with Gasteiger partial charge in [-0.25, -0.2) is 13.2 Å². The third-order valence-corrected chi connectivity index (χ3v) is 3.53. The van der Waals surface area contributed by atoms with Crippen molar-refractivity contribution in [2.75, 3.05) is 19.0 Å². The van der Waals surface area contributed by atoms with Crippen LogP contribution in [0.2, 0.25) is 0 Å². The van der Waals surface area contributed by atoms with Crippen molar-refractivity contribution in [2.45, 2.75) is 12.8 Å². The van der Waals surface area contributed by atoms with E-state index in [-0.39, 0.29) is 0 Å². The number of carbonyl (C=O) groups is 2. The summed E-state index contributed by atoms with van der Waals surface area (Å²) in [5.74, 6) is -5.25. The van der Waals surface area contributed by atoms with Crippen LogP contribution in [0.3, 0.4) is 0 Å². The van der Waals surface area contributed by atoms with Crippen molar-refractivity contribution in [2.24, 2.45) is 0 Å². The molecule has 2 amide bonds. The molecule has 2 rings (SSSR count). The fourth-order valence-corrected chi connectivity index (χ4v) is 2.16. The summed E-state index contributed by atoms with van der Waals surface area (Å²) in [6.07, 6.45) is -0.0177. The molecule has 0 atom stereocenters. The lowest BCUT2D eigenvalue weighted by Crippen LogP contribution is -2.29. The van der Waals surface area contributed by atoms with E-state index in [9.17, 15) is 22.8 Å². The third-order valence-electron chi connectivity index (χ3n) is 3.53. The largest absolute Gasteiger partial charge is 0.497 e. The summed E-state index contributed by atoms with van der Waals surface area (Å²) in [4.78, 5) is 23.4. The van der Waals surface area contributed by atoms with Crippen LogP contribution in [0.1, 0.15) is 12.0 Å². The highest BCUT2D eigenvalue weighted by atomic mass is 19.2. The maximum atomic E-state index is 13.5. The first-order chi connectivity index (χ1) is 12.4. The van der Waals surface area contributed by atoms with Crippen LogP contribution in [-0.2, 0) is 16.0 Å². The van der Waals surface area contributed by atoms with Crippen molar-refractivity contribution in [1.29, 1.82) is 0 Å². The number of benzene rings is 2. The average molecular weight is 366 g/mol. The Bertz CT molecular complexity index is 795. The number of hydrogen-bond acceptors (Lipinski definition) is 3. The average Bonchev–Trinajstić information content (AvgIpc) is 2.62. The lowest BCUT2D eigenvalue weighted by molar-refractivity contribution is -0.126. The van der Waals surface area contributed by atoms with Crippen LogP contribution < -0.4 is 15.4 Å². The number of nitrogens with one attached hydrogen (secondary N) is 2. The van der Waals surface area contributed by atoms with Gasteiger partial charge in [-0.1, -0.05) is 12.1 Å². The molecule has 0 spiro atoms. The normalized spacial score (nSPS) is 10.3. The second-order valence-electron chi connectivity index (χ2n) is 5.40. The highest BCUT2D eigenvalue weighted by molar-refractivity contribution is 6.03. The number of carbonyl (C=O) groups excluding carboxylic acids is 2. The Morgan fingerprint density at radius 3 is 2.31 bits per heavy atom. The Balaban J connectivity index is 1.78. The molecule has 2 aromatic carbocycles. The van der Waals surface area contributed by atoms with Gasteiger partial charge in [-0.3, -0.25) is 9.59 Å². The Labute approximate surface area is 148 Å². The first kappa shape index (κ1) is 19.3. The summed E-state index contributed by atoms with van der Waals surface area (Å²) in [5.41, 5.74) is 0.444. The van der Waals surface area contributed by atoms with E-state index in [1.165, 1.54) is 0 Å². The zero-order valence-corrected chi connectivity index (χ0v) is 13.9. The molecule has 0 radical (unpaired) electrons. The zero-order valence-electron chi connectivity index (χ0n) is 13.9. The minimum absolute atomic E-state index is 0.304. The molecule has 26 heavy (non-hydrogen) atoms. The summed E-state index contributed by atoms with van der Waals surface area (Å²) in [7, 11) is 1.56.